The van der Waals surface area contributed by atoms with Crippen molar-refractivity contribution in [3.05, 3.63) is 71.0 Å². The van der Waals surface area contributed by atoms with Crippen LogP contribution in [0.25, 0.3) is 44.8 Å². The van der Waals surface area contributed by atoms with E-state index in [0.717, 1.165) is 81.0 Å². The zero-order valence-corrected chi connectivity index (χ0v) is 34.2. The fourth-order valence-electron chi connectivity index (χ4n) is 7.64. The number of anilines is 2. The van der Waals surface area contributed by atoms with Gasteiger partial charge in [-0.3, -0.25) is 9.59 Å². The summed E-state index contributed by atoms with van der Waals surface area (Å²) in [7, 11) is 0. The highest BCUT2D eigenvalue weighted by molar-refractivity contribution is 6.31. The van der Waals surface area contributed by atoms with Gasteiger partial charge in [0, 0.05) is 83.7 Å². The molecule has 18 heteroatoms. The summed E-state index contributed by atoms with van der Waals surface area (Å²) < 4.78 is 29.0. The minimum atomic E-state index is -0.532. The van der Waals surface area contributed by atoms with Crippen molar-refractivity contribution in [1.82, 2.24) is 50.5 Å². The number of pyridine rings is 2. The van der Waals surface area contributed by atoms with Gasteiger partial charge in [0.25, 0.3) is 0 Å². The van der Waals surface area contributed by atoms with Crippen molar-refractivity contribution in [2.75, 3.05) is 10.6 Å². The first-order chi connectivity index (χ1) is 28.6. The molecule has 14 nitrogen and oxygen atoms in total. The number of H-pyrrole nitrogens is 2. The molecule has 0 bridgehead atoms. The summed E-state index contributed by atoms with van der Waals surface area (Å²) in [5, 5.41) is 15.1. The molecule has 2 fully saturated rings. The molecular weight excluding hydrogens is 801 g/mol. The monoisotopic (exact) mass is 846 g/mol. The summed E-state index contributed by atoms with van der Waals surface area (Å²) in [5.74, 6) is -0.0347. The molecule has 2 aliphatic rings. The molecule has 6 aromatic heterocycles. The molecule has 8 rings (SSSR count). The Morgan fingerprint density at radius 3 is 1.54 bits per heavy atom. The van der Waals surface area contributed by atoms with Crippen LogP contribution in [-0.4, -0.2) is 75.9 Å². The van der Waals surface area contributed by atoms with Crippen molar-refractivity contribution >= 4 is 68.7 Å². The van der Waals surface area contributed by atoms with Crippen molar-refractivity contribution in [3.63, 3.8) is 0 Å². The molecule has 59 heavy (non-hydrogen) atoms. The van der Waals surface area contributed by atoms with Gasteiger partial charge in [-0.25, -0.2) is 38.7 Å². The van der Waals surface area contributed by atoms with E-state index in [1.807, 2.05) is 13.8 Å². The van der Waals surface area contributed by atoms with Gasteiger partial charge in [0.2, 0.25) is 11.8 Å². The second kappa shape index (κ2) is 19.1. The Morgan fingerprint density at radius 2 is 1.10 bits per heavy atom. The first-order valence-electron chi connectivity index (χ1n) is 20.0. The third-order valence-corrected chi connectivity index (χ3v) is 11.0. The van der Waals surface area contributed by atoms with Crippen LogP contribution in [0.2, 0.25) is 10.0 Å². The van der Waals surface area contributed by atoms with Gasteiger partial charge in [-0.15, -0.1) is 0 Å². The molecule has 0 radical (unpaired) electrons. The van der Waals surface area contributed by atoms with Crippen molar-refractivity contribution in [2.24, 2.45) is 0 Å². The Hall–Kier alpha value is -5.48. The molecule has 2 amide bonds. The average molecular weight is 848 g/mol. The lowest BCUT2D eigenvalue weighted by atomic mass is 9.90. The van der Waals surface area contributed by atoms with E-state index in [1.54, 1.807) is 36.9 Å². The average Bonchev–Trinajstić information content (AvgIpc) is 3.85. The van der Waals surface area contributed by atoms with Gasteiger partial charge in [0.1, 0.15) is 11.3 Å². The zero-order chi connectivity index (χ0) is 41.5. The standard InChI is InChI=1S/C21H24ClFN6O.C20H22ClFN6O/c1-2-5-18(30)27-16-6-3-4-7-17(16)28-21-15(23)11-26-20(29-21)14-10-25-19-13(14)8-12(22)9-24-19;1-2-17(29)26-15-5-3-4-6-16(15)27-20-14(22)10-25-19(28-20)13-9-24-18-12(13)7-11(21)8-23-18/h8-11,16-17H,2-7H2,1H3,(H,24,25)(H,27,30)(H,26,28,29);7-10,15-16H,2-6H2,1H3,(H,23,24)(H,26,29)(H,25,27,28). The zero-order valence-electron chi connectivity index (χ0n) is 32.7. The number of aromatic amines is 2. The van der Waals surface area contributed by atoms with Gasteiger partial charge in [-0.05, 0) is 44.2 Å². The van der Waals surface area contributed by atoms with E-state index in [1.165, 1.54) is 0 Å². The molecule has 6 heterocycles. The Bertz CT molecular complexity index is 2430. The van der Waals surface area contributed by atoms with Crippen LogP contribution in [0.15, 0.2) is 49.3 Å². The molecule has 4 atom stereocenters. The van der Waals surface area contributed by atoms with E-state index in [9.17, 15) is 18.4 Å². The van der Waals surface area contributed by atoms with Crippen molar-refractivity contribution in [3.8, 4) is 22.8 Å². The Labute approximate surface area is 349 Å². The quantitative estimate of drug-likeness (QED) is 0.0737. The van der Waals surface area contributed by atoms with Gasteiger partial charge < -0.3 is 31.2 Å². The number of amides is 2. The summed E-state index contributed by atoms with van der Waals surface area (Å²) >= 11 is 12.1. The molecule has 4 unspecified atom stereocenters. The largest absolute Gasteiger partial charge is 0.363 e. The van der Waals surface area contributed by atoms with Crippen LogP contribution in [0, 0.1) is 11.6 Å². The summed E-state index contributed by atoms with van der Waals surface area (Å²) in [6, 6.07) is 3.27. The van der Waals surface area contributed by atoms with Crippen LogP contribution < -0.4 is 21.3 Å². The van der Waals surface area contributed by atoms with Crippen molar-refractivity contribution in [2.45, 2.75) is 109 Å². The molecule has 310 valence electrons. The minimum absolute atomic E-state index is 0.00396. The predicted molar refractivity (Wildman–Crippen MR) is 225 cm³/mol. The first kappa shape index (κ1) is 41.7. The molecule has 0 aliphatic heterocycles. The molecule has 0 saturated heterocycles. The van der Waals surface area contributed by atoms with E-state index in [0.29, 0.717) is 57.0 Å². The number of halogens is 4. The number of fused-ring (bicyclic) bond motifs is 2. The van der Waals surface area contributed by atoms with Gasteiger partial charge in [0.05, 0.1) is 22.4 Å². The van der Waals surface area contributed by atoms with Crippen molar-refractivity contribution in [1.29, 1.82) is 0 Å². The van der Waals surface area contributed by atoms with Crippen LogP contribution in [0.4, 0.5) is 20.4 Å². The van der Waals surface area contributed by atoms with Crippen LogP contribution in [0.5, 0.6) is 0 Å². The van der Waals surface area contributed by atoms with Crippen LogP contribution in [0.1, 0.15) is 84.5 Å². The highest BCUT2D eigenvalue weighted by Gasteiger charge is 2.29. The number of hydrogen-bond donors (Lipinski definition) is 6. The van der Waals surface area contributed by atoms with Crippen LogP contribution >= 0.6 is 23.2 Å². The fraction of sp³-hybridized carbons (Fsp3) is 0.415. The molecule has 0 spiro atoms. The third kappa shape index (κ3) is 10.0. The summed E-state index contributed by atoms with van der Waals surface area (Å²) in [6.45, 7) is 3.79. The normalized spacial score (nSPS) is 19.2. The third-order valence-electron chi connectivity index (χ3n) is 10.6. The first-order valence-corrected chi connectivity index (χ1v) is 20.8. The van der Waals surface area contributed by atoms with E-state index in [-0.39, 0.29) is 47.6 Å². The van der Waals surface area contributed by atoms with E-state index in [2.05, 4.69) is 61.1 Å². The van der Waals surface area contributed by atoms with Gasteiger partial charge in [0.15, 0.2) is 34.9 Å². The Balaban J connectivity index is 0.000000179. The van der Waals surface area contributed by atoms with Gasteiger partial charge in [-0.2, -0.15) is 0 Å². The molecule has 0 aromatic carbocycles. The number of carbonyl (C=O) groups excluding carboxylic acids is 2. The molecular formula is C41H46Cl2F2N12O2. The SMILES string of the molecule is CCC(=O)NC1CCCCC1Nc1nc(-c2c[nH]c3ncc(Cl)cc23)ncc1F.CCCC(=O)NC1CCCCC1Nc1nc(-c2c[nH]c3ncc(Cl)cc23)ncc1F. The highest BCUT2D eigenvalue weighted by Crippen LogP contribution is 2.31. The number of nitrogens with one attached hydrogen (secondary N) is 6. The summed E-state index contributed by atoms with van der Waals surface area (Å²) in [5.41, 5.74) is 2.70. The lowest BCUT2D eigenvalue weighted by Gasteiger charge is -2.33. The van der Waals surface area contributed by atoms with Crippen LogP contribution in [-0.2, 0) is 9.59 Å². The highest BCUT2D eigenvalue weighted by atomic mass is 35.5. The fourth-order valence-corrected chi connectivity index (χ4v) is 7.96. The van der Waals surface area contributed by atoms with E-state index in [4.69, 9.17) is 23.2 Å². The Kier molecular flexibility index (Phi) is 13.5. The number of hydrogen-bond acceptors (Lipinski definition) is 10. The molecule has 2 aliphatic carbocycles. The maximum Gasteiger partial charge on any atom is 0.220 e. The lowest BCUT2D eigenvalue weighted by molar-refractivity contribution is -0.122. The van der Waals surface area contributed by atoms with Crippen LogP contribution in [0.3, 0.4) is 0 Å². The summed E-state index contributed by atoms with van der Waals surface area (Å²) in [4.78, 5) is 55.7. The molecule has 2 saturated carbocycles. The maximum absolute atomic E-state index is 14.5. The number of rotatable bonds is 11. The lowest BCUT2D eigenvalue weighted by Crippen LogP contribution is -2.48. The number of carbonyl (C=O) groups is 2. The van der Waals surface area contributed by atoms with E-state index < -0.39 is 11.6 Å². The summed E-state index contributed by atoms with van der Waals surface area (Å²) in [6.07, 6.45) is 18.1. The van der Waals surface area contributed by atoms with Crippen molar-refractivity contribution < 1.29 is 18.4 Å². The predicted octanol–water partition coefficient (Wildman–Crippen LogP) is 8.51. The smallest absolute Gasteiger partial charge is 0.220 e. The molecule has 6 aromatic rings. The Morgan fingerprint density at radius 1 is 0.661 bits per heavy atom. The number of aromatic nitrogens is 8. The number of nitrogens with zero attached hydrogens (tertiary/aromatic N) is 6. The maximum atomic E-state index is 14.5. The van der Waals surface area contributed by atoms with E-state index >= 15 is 0 Å². The second-order valence-corrected chi connectivity index (χ2v) is 15.7. The van der Waals surface area contributed by atoms with Gasteiger partial charge >= 0.3 is 0 Å². The molecule has 6 N–H and O–H groups in total. The topological polar surface area (TPSA) is 191 Å². The second-order valence-electron chi connectivity index (χ2n) is 14.8. The van der Waals surface area contributed by atoms with Gasteiger partial charge in [-0.1, -0.05) is 62.7 Å². The minimum Gasteiger partial charge on any atom is -0.363 e.